The minimum atomic E-state index is -0.0444. The number of hydrogen-bond acceptors (Lipinski definition) is 4. The molecule has 0 saturated carbocycles. The van der Waals surface area contributed by atoms with Crippen LogP contribution >= 0.6 is 11.3 Å². The van der Waals surface area contributed by atoms with Crippen molar-refractivity contribution < 1.29 is 5.11 Å². The molecule has 3 rings (SSSR count). The summed E-state index contributed by atoms with van der Waals surface area (Å²) >= 11 is 1.35. The van der Waals surface area contributed by atoms with E-state index in [9.17, 15) is 10.4 Å². The largest absolute Gasteiger partial charge is 0.506 e. The van der Waals surface area contributed by atoms with E-state index in [4.69, 9.17) is 0 Å². The van der Waals surface area contributed by atoms with E-state index in [1.807, 2.05) is 53.9 Å². The molecule has 0 radical (unpaired) electrons. The van der Waals surface area contributed by atoms with Crippen LogP contribution in [0.25, 0.3) is 22.6 Å². The van der Waals surface area contributed by atoms with Crippen molar-refractivity contribution in [3.63, 3.8) is 0 Å². The van der Waals surface area contributed by atoms with Crippen molar-refractivity contribution in [2.75, 3.05) is 0 Å². The second-order valence-electron chi connectivity index (χ2n) is 4.61. The van der Waals surface area contributed by atoms with Gasteiger partial charge in [-0.1, -0.05) is 60.7 Å². The monoisotopic (exact) mass is 304 g/mol. The average Bonchev–Trinajstić information content (AvgIpc) is 3.07. The number of aliphatic hydroxyl groups excluding tert-OH is 1. The van der Waals surface area contributed by atoms with E-state index < -0.39 is 0 Å². The summed E-state index contributed by atoms with van der Waals surface area (Å²) in [5.74, 6) is -0.0444. The maximum atomic E-state index is 10.3. The van der Waals surface area contributed by atoms with Crippen LogP contribution in [0.2, 0.25) is 0 Å². The maximum Gasteiger partial charge on any atom is 0.143 e. The summed E-state index contributed by atoms with van der Waals surface area (Å²) in [6.45, 7) is 0. The standard InChI is InChI=1S/C18H12N2OS/c19-11-15(17(21)14-9-5-2-6-10-14)18-20-16(12-22-18)13-7-3-1-4-8-13/h1-10,12,21H/b17-15-. The van der Waals surface area contributed by atoms with Gasteiger partial charge in [-0.2, -0.15) is 5.26 Å². The van der Waals surface area contributed by atoms with E-state index in [1.54, 1.807) is 12.1 Å². The second kappa shape index (κ2) is 6.25. The molecule has 0 aliphatic rings. The van der Waals surface area contributed by atoms with Gasteiger partial charge in [-0.05, 0) is 0 Å². The zero-order chi connectivity index (χ0) is 15.4. The number of rotatable bonds is 3. The molecule has 0 fully saturated rings. The van der Waals surface area contributed by atoms with Crippen LogP contribution in [0.15, 0.2) is 66.0 Å². The van der Waals surface area contributed by atoms with Gasteiger partial charge >= 0.3 is 0 Å². The molecule has 0 aliphatic carbocycles. The van der Waals surface area contributed by atoms with Crippen molar-refractivity contribution in [3.05, 3.63) is 76.6 Å². The topological polar surface area (TPSA) is 56.9 Å². The summed E-state index contributed by atoms with van der Waals surface area (Å²) in [4.78, 5) is 4.48. The van der Waals surface area contributed by atoms with Crippen molar-refractivity contribution in [2.45, 2.75) is 0 Å². The SMILES string of the molecule is N#C/C(=C(/O)c1ccccc1)c1nc(-c2ccccc2)cs1. The third-order valence-corrected chi connectivity index (χ3v) is 4.04. The third-order valence-electron chi connectivity index (χ3n) is 3.18. The van der Waals surface area contributed by atoms with Crippen LogP contribution in [0.4, 0.5) is 0 Å². The fourth-order valence-electron chi connectivity index (χ4n) is 2.07. The summed E-state index contributed by atoms with van der Waals surface area (Å²) in [5.41, 5.74) is 2.59. The summed E-state index contributed by atoms with van der Waals surface area (Å²) in [6.07, 6.45) is 0. The Kier molecular flexibility index (Phi) is 3.99. The zero-order valence-electron chi connectivity index (χ0n) is 11.6. The van der Waals surface area contributed by atoms with Crippen LogP contribution in [0.3, 0.4) is 0 Å². The van der Waals surface area contributed by atoms with Crippen LogP contribution in [-0.4, -0.2) is 10.1 Å². The highest BCUT2D eigenvalue weighted by Gasteiger charge is 2.14. The molecule has 0 spiro atoms. The van der Waals surface area contributed by atoms with Gasteiger partial charge in [-0.3, -0.25) is 0 Å². The Morgan fingerprint density at radius 3 is 2.27 bits per heavy atom. The first-order valence-corrected chi connectivity index (χ1v) is 7.57. The number of hydrogen-bond donors (Lipinski definition) is 1. The number of aromatic nitrogens is 1. The molecule has 0 saturated heterocycles. The highest BCUT2D eigenvalue weighted by molar-refractivity contribution is 7.11. The molecule has 106 valence electrons. The number of thiazole rings is 1. The van der Waals surface area contributed by atoms with Gasteiger partial charge in [0.1, 0.15) is 22.4 Å². The van der Waals surface area contributed by atoms with Crippen molar-refractivity contribution in [1.82, 2.24) is 4.98 Å². The van der Waals surface area contributed by atoms with Crippen molar-refractivity contribution in [1.29, 1.82) is 5.26 Å². The maximum absolute atomic E-state index is 10.3. The molecule has 3 nitrogen and oxygen atoms in total. The molecular formula is C18H12N2OS. The van der Waals surface area contributed by atoms with Gasteiger partial charge in [0, 0.05) is 16.5 Å². The molecule has 22 heavy (non-hydrogen) atoms. The molecule has 0 atom stereocenters. The van der Waals surface area contributed by atoms with Crippen LogP contribution in [0.5, 0.6) is 0 Å². The summed E-state index contributed by atoms with van der Waals surface area (Å²) in [6, 6.07) is 20.8. The van der Waals surface area contributed by atoms with Gasteiger partial charge in [0.05, 0.1) is 5.69 Å². The normalized spacial score (nSPS) is 11.6. The van der Waals surface area contributed by atoms with Gasteiger partial charge in [0.15, 0.2) is 0 Å². The lowest BCUT2D eigenvalue weighted by atomic mass is 10.1. The Bertz CT molecular complexity index is 846. The Hall–Kier alpha value is -2.90. The Labute approximate surface area is 132 Å². The minimum Gasteiger partial charge on any atom is -0.506 e. The molecule has 2 aromatic carbocycles. The first-order valence-electron chi connectivity index (χ1n) is 6.69. The van der Waals surface area contributed by atoms with E-state index in [0.717, 1.165) is 11.3 Å². The molecule has 4 heteroatoms. The van der Waals surface area contributed by atoms with E-state index in [-0.39, 0.29) is 11.3 Å². The molecule has 1 aromatic heterocycles. The van der Waals surface area contributed by atoms with Gasteiger partial charge in [-0.25, -0.2) is 4.98 Å². The van der Waals surface area contributed by atoms with E-state index in [0.29, 0.717) is 10.6 Å². The summed E-state index contributed by atoms with van der Waals surface area (Å²) in [5, 5.41) is 22.1. The van der Waals surface area contributed by atoms with Gasteiger partial charge in [0.2, 0.25) is 0 Å². The average molecular weight is 304 g/mol. The second-order valence-corrected chi connectivity index (χ2v) is 5.46. The third kappa shape index (κ3) is 2.76. The fourth-order valence-corrected chi connectivity index (χ4v) is 2.90. The van der Waals surface area contributed by atoms with Crippen molar-refractivity contribution >= 4 is 22.7 Å². The number of aliphatic hydroxyl groups is 1. The van der Waals surface area contributed by atoms with Gasteiger partial charge in [0.25, 0.3) is 0 Å². The molecule has 0 bridgehead atoms. The molecule has 0 amide bonds. The molecule has 1 heterocycles. The van der Waals surface area contributed by atoms with Crippen LogP contribution in [-0.2, 0) is 0 Å². The Balaban J connectivity index is 2.03. The Morgan fingerprint density at radius 2 is 1.64 bits per heavy atom. The highest BCUT2D eigenvalue weighted by Crippen LogP contribution is 2.29. The number of nitriles is 1. The zero-order valence-corrected chi connectivity index (χ0v) is 12.4. The predicted octanol–water partition coefficient (Wildman–Crippen LogP) is 4.76. The number of benzene rings is 2. The van der Waals surface area contributed by atoms with Crippen LogP contribution in [0.1, 0.15) is 10.6 Å². The molecule has 0 aliphatic heterocycles. The first-order chi connectivity index (χ1) is 10.8. The first kappa shape index (κ1) is 14.1. The fraction of sp³-hybridized carbons (Fsp3) is 0. The summed E-state index contributed by atoms with van der Waals surface area (Å²) < 4.78 is 0. The predicted molar refractivity (Wildman–Crippen MR) is 89.0 cm³/mol. The van der Waals surface area contributed by atoms with Crippen LogP contribution < -0.4 is 0 Å². The molecule has 3 aromatic rings. The Morgan fingerprint density at radius 1 is 1.00 bits per heavy atom. The van der Waals surface area contributed by atoms with Crippen molar-refractivity contribution in [2.24, 2.45) is 0 Å². The van der Waals surface area contributed by atoms with Crippen molar-refractivity contribution in [3.8, 4) is 17.3 Å². The van der Waals surface area contributed by atoms with E-state index in [2.05, 4.69) is 11.1 Å². The highest BCUT2D eigenvalue weighted by atomic mass is 32.1. The quantitative estimate of drug-likeness (QED) is 0.560. The lowest BCUT2D eigenvalue weighted by Gasteiger charge is -2.02. The van der Waals surface area contributed by atoms with Crippen LogP contribution in [0, 0.1) is 11.3 Å². The smallest absolute Gasteiger partial charge is 0.143 e. The van der Waals surface area contributed by atoms with E-state index in [1.165, 1.54) is 11.3 Å². The van der Waals surface area contributed by atoms with Gasteiger partial charge in [-0.15, -0.1) is 11.3 Å². The van der Waals surface area contributed by atoms with Gasteiger partial charge < -0.3 is 5.11 Å². The lowest BCUT2D eigenvalue weighted by Crippen LogP contribution is -1.90. The lowest BCUT2D eigenvalue weighted by molar-refractivity contribution is 0.514. The summed E-state index contributed by atoms with van der Waals surface area (Å²) in [7, 11) is 0. The molecular weight excluding hydrogens is 292 g/mol. The molecule has 0 unspecified atom stereocenters. The number of nitrogens with zero attached hydrogens (tertiary/aromatic N) is 2. The van der Waals surface area contributed by atoms with E-state index >= 15 is 0 Å². The number of allylic oxidation sites excluding steroid dienone is 1. The minimum absolute atomic E-state index is 0.0444. The molecule has 1 N–H and O–H groups in total.